The quantitative estimate of drug-likeness (QED) is 0.648. The van der Waals surface area contributed by atoms with E-state index >= 15 is 0 Å². The molecule has 0 bridgehead atoms. The fourth-order valence-electron chi connectivity index (χ4n) is 2.64. The van der Waals surface area contributed by atoms with Crippen LogP contribution in [0.15, 0.2) is 6.07 Å². The standard InChI is InChI=1S/C15H24ClN5O2/c1-15(2,3)23-14(22)21-6-4-10(5-7-21)8-11-9-12(16)19-20-13(11)18-17/h9-10H,4-8,17H2,1-3H3,(H,18,20). The molecule has 0 atom stereocenters. The van der Waals surface area contributed by atoms with Crippen molar-refractivity contribution in [2.45, 2.75) is 45.6 Å². The highest BCUT2D eigenvalue weighted by Gasteiger charge is 2.27. The number of likely N-dealkylation sites (tertiary alicyclic amines) is 1. The lowest BCUT2D eigenvalue weighted by Crippen LogP contribution is -2.42. The zero-order valence-corrected chi connectivity index (χ0v) is 14.6. The van der Waals surface area contributed by atoms with E-state index in [-0.39, 0.29) is 6.09 Å². The van der Waals surface area contributed by atoms with Gasteiger partial charge < -0.3 is 15.1 Å². The van der Waals surface area contributed by atoms with Crippen molar-refractivity contribution in [1.82, 2.24) is 15.1 Å². The van der Waals surface area contributed by atoms with Crippen LogP contribution >= 0.6 is 11.6 Å². The summed E-state index contributed by atoms with van der Waals surface area (Å²) < 4.78 is 5.41. The predicted molar refractivity (Wildman–Crippen MR) is 89.1 cm³/mol. The number of nitrogens with zero attached hydrogens (tertiary/aromatic N) is 3. The van der Waals surface area contributed by atoms with Crippen LogP contribution in [0.2, 0.25) is 5.15 Å². The molecule has 0 spiro atoms. The molecule has 1 fully saturated rings. The minimum atomic E-state index is -0.463. The summed E-state index contributed by atoms with van der Waals surface area (Å²) in [7, 11) is 0. The molecule has 2 heterocycles. The Morgan fingerprint density at radius 1 is 1.43 bits per heavy atom. The highest BCUT2D eigenvalue weighted by Crippen LogP contribution is 2.26. The molecule has 0 saturated carbocycles. The van der Waals surface area contributed by atoms with Crippen LogP contribution in [0.25, 0.3) is 0 Å². The summed E-state index contributed by atoms with van der Waals surface area (Å²) >= 11 is 5.91. The molecule has 3 N–H and O–H groups in total. The van der Waals surface area contributed by atoms with Crippen molar-refractivity contribution in [3.8, 4) is 0 Å². The fraction of sp³-hybridized carbons (Fsp3) is 0.667. The molecule has 2 rings (SSSR count). The fourth-order valence-corrected chi connectivity index (χ4v) is 2.81. The maximum atomic E-state index is 12.1. The minimum Gasteiger partial charge on any atom is -0.444 e. The van der Waals surface area contributed by atoms with Gasteiger partial charge in [0.15, 0.2) is 11.0 Å². The number of rotatable bonds is 3. The summed E-state index contributed by atoms with van der Waals surface area (Å²) in [5, 5.41) is 8.07. The minimum absolute atomic E-state index is 0.242. The van der Waals surface area contributed by atoms with Crippen molar-refractivity contribution in [2.24, 2.45) is 11.8 Å². The monoisotopic (exact) mass is 341 g/mol. The van der Waals surface area contributed by atoms with Gasteiger partial charge in [-0.2, -0.15) is 0 Å². The summed E-state index contributed by atoms with van der Waals surface area (Å²) in [6.07, 6.45) is 2.37. The zero-order chi connectivity index (χ0) is 17.0. The first-order valence-corrected chi connectivity index (χ1v) is 8.13. The van der Waals surface area contributed by atoms with E-state index < -0.39 is 5.60 Å². The molecule has 128 valence electrons. The van der Waals surface area contributed by atoms with Crippen LogP contribution in [0.1, 0.15) is 39.2 Å². The van der Waals surface area contributed by atoms with E-state index in [2.05, 4.69) is 15.6 Å². The van der Waals surface area contributed by atoms with Gasteiger partial charge >= 0.3 is 6.09 Å². The average molecular weight is 342 g/mol. The Morgan fingerprint density at radius 3 is 2.65 bits per heavy atom. The number of aromatic nitrogens is 2. The number of hydrazine groups is 1. The summed E-state index contributed by atoms with van der Waals surface area (Å²) in [5.41, 5.74) is 3.03. The molecule has 1 aliphatic rings. The third-order valence-electron chi connectivity index (χ3n) is 3.75. The molecule has 23 heavy (non-hydrogen) atoms. The van der Waals surface area contributed by atoms with Crippen molar-refractivity contribution in [1.29, 1.82) is 0 Å². The molecule has 1 amide bonds. The second-order valence-corrected chi connectivity index (χ2v) is 7.19. The number of amides is 1. The number of carbonyl (C=O) groups excluding carboxylic acids is 1. The molecule has 0 unspecified atom stereocenters. The van der Waals surface area contributed by atoms with Crippen molar-refractivity contribution in [3.05, 3.63) is 16.8 Å². The van der Waals surface area contributed by atoms with E-state index in [4.69, 9.17) is 22.2 Å². The molecule has 1 aromatic rings. The van der Waals surface area contributed by atoms with Gasteiger partial charge in [0.2, 0.25) is 0 Å². The van der Waals surface area contributed by atoms with E-state index in [1.54, 1.807) is 11.0 Å². The van der Waals surface area contributed by atoms with E-state index in [1.165, 1.54) is 0 Å². The average Bonchev–Trinajstić information content (AvgIpc) is 2.46. The number of piperidine rings is 1. The number of nitrogens with two attached hydrogens (primary N) is 1. The van der Waals surface area contributed by atoms with Gasteiger partial charge in [-0.25, -0.2) is 10.6 Å². The lowest BCUT2D eigenvalue weighted by molar-refractivity contribution is 0.0184. The van der Waals surface area contributed by atoms with Gasteiger partial charge in [-0.3, -0.25) is 0 Å². The highest BCUT2D eigenvalue weighted by molar-refractivity contribution is 6.29. The van der Waals surface area contributed by atoms with Crippen LogP contribution in [0.4, 0.5) is 10.6 Å². The first kappa shape index (κ1) is 17.7. The number of hydrogen-bond donors (Lipinski definition) is 2. The third-order valence-corrected chi connectivity index (χ3v) is 3.94. The van der Waals surface area contributed by atoms with Crippen LogP contribution in [0.3, 0.4) is 0 Å². The Balaban J connectivity index is 1.90. The maximum Gasteiger partial charge on any atom is 0.410 e. The van der Waals surface area contributed by atoms with E-state index in [9.17, 15) is 4.79 Å². The van der Waals surface area contributed by atoms with Gasteiger partial charge in [0, 0.05) is 18.7 Å². The number of halogens is 1. The number of nitrogens with one attached hydrogen (secondary N) is 1. The normalized spacial score (nSPS) is 16.3. The molecular weight excluding hydrogens is 318 g/mol. The van der Waals surface area contributed by atoms with Crippen molar-refractivity contribution in [2.75, 3.05) is 18.5 Å². The van der Waals surface area contributed by atoms with Crippen LogP contribution in [-0.4, -0.2) is 39.9 Å². The summed E-state index contributed by atoms with van der Waals surface area (Å²) in [6, 6.07) is 1.78. The summed E-state index contributed by atoms with van der Waals surface area (Å²) in [5.74, 6) is 6.45. The first-order chi connectivity index (χ1) is 10.8. The second kappa shape index (κ2) is 7.31. The maximum absolute atomic E-state index is 12.1. The van der Waals surface area contributed by atoms with Crippen LogP contribution in [0.5, 0.6) is 0 Å². The van der Waals surface area contributed by atoms with Crippen molar-refractivity contribution in [3.63, 3.8) is 0 Å². The van der Waals surface area contributed by atoms with Crippen LogP contribution < -0.4 is 11.3 Å². The zero-order valence-electron chi connectivity index (χ0n) is 13.8. The summed E-state index contributed by atoms with van der Waals surface area (Å²) in [4.78, 5) is 13.8. The smallest absolute Gasteiger partial charge is 0.410 e. The van der Waals surface area contributed by atoms with Crippen molar-refractivity contribution < 1.29 is 9.53 Å². The van der Waals surface area contributed by atoms with Crippen molar-refractivity contribution >= 4 is 23.5 Å². The van der Waals surface area contributed by atoms with E-state index in [0.29, 0.717) is 30.0 Å². The van der Waals surface area contributed by atoms with Gasteiger partial charge in [0.25, 0.3) is 0 Å². The Labute approximate surface area is 141 Å². The largest absolute Gasteiger partial charge is 0.444 e. The SMILES string of the molecule is CC(C)(C)OC(=O)N1CCC(Cc2cc(Cl)nnc2NN)CC1. The Bertz CT molecular complexity index is 553. The molecule has 1 aliphatic heterocycles. The Kier molecular flexibility index (Phi) is 5.64. The van der Waals surface area contributed by atoms with Crippen LogP contribution in [0, 0.1) is 5.92 Å². The Morgan fingerprint density at radius 2 is 2.09 bits per heavy atom. The second-order valence-electron chi connectivity index (χ2n) is 6.80. The highest BCUT2D eigenvalue weighted by atomic mass is 35.5. The van der Waals surface area contributed by atoms with Gasteiger partial charge in [-0.05, 0) is 52.0 Å². The van der Waals surface area contributed by atoms with Gasteiger partial charge in [0.05, 0.1) is 0 Å². The lowest BCUT2D eigenvalue weighted by Gasteiger charge is -2.33. The van der Waals surface area contributed by atoms with Gasteiger partial charge in [-0.15, -0.1) is 10.2 Å². The number of ether oxygens (including phenoxy) is 1. The van der Waals surface area contributed by atoms with Gasteiger partial charge in [0.1, 0.15) is 5.60 Å². The molecule has 8 heteroatoms. The number of hydrogen-bond acceptors (Lipinski definition) is 6. The lowest BCUT2D eigenvalue weighted by atomic mass is 9.90. The summed E-state index contributed by atoms with van der Waals surface area (Å²) in [6.45, 7) is 7.01. The Hall–Kier alpha value is -1.60. The molecule has 1 aromatic heterocycles. The van der Waals surface area contributed by atoms with E-state index in [0.717, 1.165) is 24.8 Å². The number of anilines is 1. The van der Waals surface area contributed by atoms with E-state index in [1.807, 2.05) is 20.8 Å². The third kappa shape index (κ3) is 5.21. The molecular formula is C15H24ClN5O2. The molecule has 7 nitrogen and oxygen atoms in total. The molecule has 1 saturated heterocycles. The first-order valence-electron chi connectivity index (χ1n) is 7.75. The number of nitrogen functional groups attached to an aromatic ring is 1. The predicted octanol–water partition coefficient (Wildman–Crippen LogP) is 2.61. The van der Waals surface area contributed by atoms with Crippen LogP contribution in [-0.2, 0) is 11.2 Å². The molecule has 0 aromatic carbocycles. The molecule has 0 aliphatic carbocycles. The topological polar surface area (TPSA) is 93.4 Å². The number of carbonyl (C=O) groups is 1. The van der Waals surface area contributed by atoms with Gasteiger partial charge in [-0.1, -0.05) is 11.6 Å². The molecule has 0 radical (unpaired) electrons.